The van der Waals surface area contributed by atoms with Gasteiger partial charge < -0.3 is 5.11 Å². The van der Waals surface area contributed by atoms with Crippen LogP contribution in [0.3, 0.4) is 0 Å². The standard InChI is InChI=1S/C14H18O2/c1-8-6-9(2)12(5)14(11(8)4)10(3)7-13(15)16/h6-7H,1-5H3,(H,15,16)/b10-7+. The van der Waals surface area contributed by atoms with E-state index < -0.39 is 5.97 Å². The largest absolute Gasteiger partial charge is 0.478 e. The second-order valence-corrected chi connectivity index (χ2v) is 4.30. The number of carbonyl (C=O) groups is 1. The molecule has 1 aromatic rings. The Labute approximate surface area is 96.6 Å². The second-order valence-electron chi connectivity index (χ2n) is 4.30. The van der Waals surface area contributed by atoms with E-state index in [9.17, 15) is 4.79 Å². The van der Waals surface area contributed by atoms with Crippen molar-refractivity contribution in [1.29, 1.82) is 0 Å². The molecule has 0 aliphatic rings. The van der Waals surface area contributed by atoms with Gasteiger partial charge in [-0.1, -0.05) is 6.07 Å². The fourth-order valence-corrected chi connectivity index (χ4v) is 2.07. The predicted octanol–water partition coefficient (Wildman–Crippen LogP) is 3.41. The summed E-state index contributed by atoms with van der Waals surface area (Å²) in [5.74, 6) is -0.893. The van der Waals surface area contributed by atoms with Crippen molar-refractivity contribution >= 4 is 11.5 Å². The normalized spacial score (nSPS) is 11.7. The molecule has 0 aliphatic heterocycles. The van der Waals surface area contributed by atoms with Gasteiger partial charge in [0.15, 0.2) is 0 Å². The third kappa shape index (κ3) is 2.32. The summed E-state index contributed by atoms with van der Waals surface area (Å²) in [6, 6.07) is 2.14. The summed E-state index contributed by atoms with van der Waals surface area (Å²) in [6.07, 6.45) is 1.27. The Morgan fingerprint density at radius 3 is 1.94 bits per heavy atom. The van der Waals surface area contributed by atoms with Crippen molar-refractivity contribution in [2.24, 2.45) is 0 Å². The molecule has 0 radical (unpaired) electrons. The lowest BCUT2D eigenvalue weighted by atomic mass is 9.90. The molecular formula is C14H18O2. The predicted molar refractivity (Wildman–Crippen MR) is 66.7 cm³/mol. The van der Waals surface area contributed by atoms with Gasteiger partial charge in [0.2, 0.25) is 0 Å². The van der Waals surface area contributed by atoms with E-state index in [0.717, 1.165) is 22.3 Å². The summed E-state index contributed by atoms with van der Waals surface area (Å²) in [5, 5.41) is 8.79. The lowest BCUT2D eigenvalue weighted by Crippen LogP contribution is -1.99. The third-order valence-electron chi connectivity index (χ3n) is 3.10. The first-order valence-corrected chi connectivity index (χ1v) is 5.33. The molecule has 1 aromatic carbocycles. The van der Waals surface area contributed by atoms with Gasteiger partial charge in [-0.15, -0.1) is 0 Å². The van der Waals surface area contributed by atoms with Gasteiger partial charge in [-0.2, -0.15) is 0 Å². The first-order valence-electron chi connectivity index (χ1n) is 5.33. The molecule has 86 valence electrons. The molecule has 0 heterocycles. The SMILES string of the molecule is C/C(=C\C(=O)O)c1c(C)c(C)cc(C)c1C. The Morgan fingerprint density at radius 2 is 1.56 bits per heavy atom. The van der Waals surface area contributed by atoms with Crippen molar-refractivity contribution in [3.63, 3.8) is 0 Å². The van der Waals surface area contributed by atoms with Crippen LogP contribution in [0.5, 0.6) is 0 Å². The summed E-state index contributed by atoms with van der Waals surface area (Å²) in [5.41, 5.74) is 6.62. The highest BCUT2D eigenvalue weighted by Gasteiger charge is 2.10. The number of rotatable bonds is 2. The van der Waals surface area contributed by atoms with Crippen LogP contribution < -0.4 is 0 Å². The van der Waals surface area contributed by atoms with E-state index in [1.165, 1.54) is 17.2 Å². The van der Waals surface area contributed by atoms with E-state index in [2.05, 4.69) is 19.9 Å². The van der Waals surface area contributed by atoms with Crippen LogP contribution in [-0.2, 0) is 4.79 Å². The molecule has 0 aliphatic carbocycles. The van der Waals surface area contributed by atoms with Gasteiger partial charge in [0.1, 0.15) is 0 Å². The highest BCUT2D eigenvalue weighted by molar-refractivity contribution is 5.90. The number of aliphatic carboxylic acids is 1. The van der Waals surface area contributed by atoms with Crippen LogP contribution >= 0.6 is 0 Å². The first kappa shape index (κ1) is 12.5. The molecule has 1 rings (SSSR count). The summed E-state index contributed by atoms with van der Waals surface area (Å²) in [6.45, 7) is 10.0. The minimum absolute atomic E-state index is 0.814. The van der Waals surface area contributed by atoms with E-state index >= 15 is 0 Å². The maximum atomic E-state index is 10.7. The van der Waals surface area contributed by atoms with Crippen molar-refractivity contribution in [3.8, 4) is 0 Å². The molecule has 0 saturated carbocycles. The zero-order chi connectivity index (χ0) is 12.5. The molecule has 0 spiro atoms. The molecule has 0 fully saturated rings. The third-order valence-corrected chi connectivity index (χ3v) is 3.10. The number of carboxylic acid groups (broad SMARTS) is 1. The average molecular weight is 218 g/mol. The van der Waals surface area contributed by atoms with Crippen molar-refractivity contribution in [1.82, 2.24) is 0 Å². The van der Waals surface area contributed by atoms with Crippen LogP contribution in [-0.4, -0.2) is 11.1 Å². The number of allylic oxidation sites excluding steroid dienone is 1. The van der Waals surface area contributed by atoms with Gasteiger partial charge in [-0.05, 0) is 68.0 Å². The topological polar surface area (TPSA) is 37.3 Å². The van der Waals surface area contributed by atoms with Crippen LogP contribution in [0.25, 0.3) is 5.57 Å². The van der Waals surface area contributed by atoms with Gasteiger partial charge in [0.05, 0.1) is 0 Å². The highest BCUT2D eigenvalue weighted by atomic mass is 16.4. The van der Waals surface area contributed by atoms with Gasteiger partial charge in [-0.25, -0.2) is 4.79 Å². The minimum atomic E-state index is -0.893. The quantitative estimate of drug-likeness (QED) is 0.772. The summed E-state index contributed by atoms with van der Waals surface area (Å²) in [7, 11) is 0. The highest BCUT2D eigenvalue weighted by Crippen LogP contribution is 2.27. The molecule has 2 heteroatoms. The van der Waals surface area contributed by atoms with Crippen molar-refractivity contribution < 1.29 is 9.90 Å². The number of aryl methyl sites for hydroxylation is 2. The van der Waals surface area contributed by atoms with E-state index in [4.69, 9.17) is 5.11 Å². The van der Waals surface area contributed by atoms with Crippen molar-refractivity contribution in [3.05, 3.63) is 40.0 Å². The lowest BCUT2D eigenvalue weighted by Gasteiger charge is -2.15. The van der Waals surface area contributed by atoms with Crippen molar-refractivity contribution in [2.75, 3.05) is 0 Å². The van der Waals surface area contributed by atoms with Gasteiger partial charge in [0, 0.05) is 6.08 Å². The molecule has 0 saturated heterocycles. The molecule has 0 unspecified atom stereocenters. The number of hydrogen-bond donors (Lipinski definition) is 1. The summed E-state index contributed by atoms with van der Waals surface area (Å²) < 4.78 is 0. The minimum Gasteiger partial charge on any atom is -0.478 e. The maximum absolute atomic E-state index is 10.7. The zero-order valence-electron chi connectivity index (χ0n) is 10.5. The Bertz CT molecular complexity index is 442. The number of hydrogen-bond acceptors (Lipinski definition) is 1. The molecule has 0 atom stereocenters. The molecule has 0 aromatic heterocycles. The van der Waals surface area contributed by atoms with Crippen molar-refractivity contribution in [2.45, 2.75) is 34.6 Å². The van der Waals surface area contributed by atoms with Gasteiger partial charge >= 0.3 is 5.97 Å². The monoisotopic (exact) mass is 218 g/mol. The molecule has 0 amide bonds. The zero-order valence-corrected chi connectivity index (χ0v) is 10.5. The molecular weight excluding hydrogens is 200 g/mol. The molecule has 16 heavy (non-hydrogen) atoms. The van der Waals surface area contributed by atoms with Crippen LogP contribution in [0.1, 0.15) is 34.7 Å². The lowest BCUT2D eigenvalue weighted by molar-refractivity contribution is -0.131. The summed E-state index contributed by atoms with van der Waals surface area (Å²) in [4.78, 5) is 10.7. The summed E-state index contributed by atoms with van der Waals surface area (Å²) >= 11 is 0. The van der Waals surface area contributed by atoms with E-state index in [0.29, 0.717) is 0 Å². The van der Waals surface area contributed by atoms with Crippen LogP contribution in [0, 0.1) is 27.7 Å². The average Bonchev–Trinajstić information content (AvgIpc) is 2.14. The van der Waals surface area contributed by atoms with E-state index in [-0.39, 0.29) is 0 Å². The van der Waals surface area contributed by atoms with Gasteiger partial charge in [-0.3, -0.25) is 0 Å². The Balaban J connectivity index is 3.49. The second kappa shape index (κ2) is 4.52. The fraction of sp³-hybridized carbons (Fsp3) is 0.357. The molecule has 2 nitrogen and oxygen atoms in total. The molecule has 1 N–H and O–H groups in total. The first-order chi connectivity index (χ1) is 7.34. The van der Waals surface area contributed by atoms with Crippen LogP contribution in [0.15, 0.2) is 12.1 Å². The van der Waals surface area contributed by atoms with Crippen LogP contribution in [0.2, 0.25) is 0 Å². The van der Waals surface area contributed by atoms with E-state index in [1.54, 1.807) is 0 Å². The van der Waals surface area contributed by atoms with Crippen LogP contribution in [0.4, 0.5) is 0 Å². The number of carboxylic acids is 1. The Kier molecular flexibility index (Phi) is 3.53. The smallest absolute Gasteiger partial charge is 0.328 e. The Hall–Kier alpha value is -1.57. The van der Waals surface area contributed by atoms with E-state index in [1.807, 2.05) is 20.8 Å². The molecule has 0 bridgehead atoms. The number of benzene rings is 1. The maximum Gasteiger partial charge on any atom is 0.328 e. The Morgan fingerprint density at radius 1 is 1.12 bits per heavy atom. The fourth-order valence-electron chi connectivity index (χ4n) is 2.07. The van der Waals surface area contributed by atoms with Gasteiger partial charge in [0.25, 0.3) is 0 Å².